The van der Waals surface area contributed by atoms with E-state index in [-0.39, 0.29) is 0 Å². The van der Waals surface area contributed by atoms with E-state index in [1.54, 1.807) is 0 Å². The van der Waals surface area contributed by atoms with Crippen LogP contribution in [0.25, 0.3) is 5.70 Å². The summed E-state index contributed by atoms with van der Waals surface area (Å²) >= 11 is 3.43. The van der Waals surface area contributed by atoms with Crippen molar-refractivity contribution in [3.05, 3.63) is 76.0 Å². The van der Waals surface area contributed by atoms with E-state index in [2.05, 4.69) is 26.2 Å². The first-order chi connectivity index (χ1) is 9.22. The number of nitrogens with one attached hydrogen (secondary N) is 1. The lowest BCUT2D eigenvalue weighted by atomic mass is 10.1. The Morgan fingerprint density at radius 1 is 1.05 bits per heavy atom. The van der Waals surface area contributed by atoms with E-state index in [1.807, 2.05) is 54.6 Å². The average molecular weight is 314 g/mol. The zero-order chi connectivity index (χ0) is 13.2. The monoisotopic (exact) mass is 313 g/mol. The predicted octanol–water partition coefficient (Wildman–Crippen LogP) is 3.09. The SMILES string of the molecule is NC1=NC(=C2C=CC=C2)C=C(c2ccc(Br)cc2)N1. The maximum absolute atomic E-state index is 5.86. The van der Waals surface area contributed by atoms with Gasteiger partial charge in [0, 0.05) is 10.0 Å². The topological polar surface area (TPSA) is 50.4 Å². The Morgan fingerprint density at radius 2 is 1.74 bits per heavy atom. The van der Waals surface area contributed by atoms with Crippen LogP contribution in [0.4, 0.5) is 0 Å². The van der Waals surface area contributed by atoms with E-state index < -0.39 is 0 Å². The molecule has 3 N–H and O–H groups in total. The zero-order valence-electron chi connectivity index (χ0n) is 10.1. The van der Waals surface area contributed by atoms with Crippen LogP contribution in [0, 0.1) is 0 Å². The van der Waals surface area contributed by atoms with E-state index in [1.165, 1.54) is 0 Å². The number of halogens is 1. The number of aliphatic imine (C=N–C) groups is 1. The number of hydrogen-bond acceptors (Lipinski definition) is 3. The molecule has 1 aromatic rings. The standard InChI is InChI=1S/C15H12BrN3/c16-12-7-5-11(6-8-12)14-9-13(18-15(17)19-14)10-3-1-2-4-10/h1-9H,(H3,17,18,19). The van der Waals surface area contributed by atoms with Crippen LogP contribution >= 0.6 is 15.9 Å². The fourth-order valence-corrected chi connectivity index (χ4v) is 2.24. The van der Waals surface area contributed by atoms with Crippen LogP contribution in [0.15, 0.2) is 75.4 Å². The number of nitrogens with two attached hydrogens (primary N) is 1. The van der Waals surface area contributed by atoms with Crippen LogP contribution in [0.2, 0.25) is 0 Å². The third-order valence-electron chi connectivity index (χ3n) is 2.90. The second kappa shape index (κ2) is 4.90. The van der Waals surface area contributed by atoms with Crippen molar-refractivity contribution in [2.75, 3.05) is 0 Å². The van der Waals surface area contributed by atoms with Gasteiger partial charge in [0.15, 0.2) is 5.96 Å². The molecule has 0 saturated carbocycles. The van der Waals surface area contributed by atoms with E-state index in [0.29, 0.717) is 5.96 Å². The molecule has 3 rings (SSSR count). The Morgan fingerprint density at radius 3 is 2.42 bits per heavy atom. The van der Waals surface area contributed by atoms with Crippen molar-refractivity contribution in [3.8, 4) is 0 Å². The van der Waals surface area contributed by atoms with Gasteiger partial charge in [-0.3, -0.25) is 0 Å². The highest BCUT2D eigenvalue weighted by Crippen LogP contribution is 2.23. The fraction of sp³-hybridized carbons (Fsp3) is 0. The summed E-state index contributed by atoms with van der Waals surface area (Å²) in [5, 5.41) is 3.10. The van der Waals surface area contributed by atoms with Crippen LogP contribution in [-0.4, -0.2) is 5.96 Å². The first-order valence-electron chi connectivity index (χ1n) is 5.90. The molecular weight excluding hydrogens is 302 g/mol. The highest BCUT2D eigenvalue weighted by atomic mass is 79.9. The third kappa shape index (κ3) is 2.53. The summed E-state index contributed by atoms with van der Waals surface area (Å²) in [6.07, 6.45) is 10.0. The molecule has 0 spiro atoms. The minimum atomic E-state index is 0.414. The number of rotatable bonds is 1. The number of benzene rings is 1. The van der Waals surface area contributed by atoms with Gasteiger partial charge in [0.2, 0.25) is 0 Å². The van der Waals surface area contributed by atoms with Crippen molar-refractivity contribution < 1.29 is 0 Å². The Labute approximate surface area is 120 Å². The molecule has 0 radical (unpaired) electrons. The molecule has 0 atom stereocenters. The lowest BCUT2D eigenvalue weighted by Crippen LogP contribution is -2.32. The quantitative estimate of drug-likeness (QED) is 0.837. The van der Waals surface area contributed by atoms with Gasteiger partial charge in [-0.05, 0) is 23.8 Å². The molecule has 1 aliphatic carbocycles. The summed E-state index contributed by atoms with van der Waals surface area (Å²) in [7, 11) is 0. The van der Waals surface area contributed by atoms with E-state index in [0.717, 1.165) is 27.0 Å². The molecule has 0 amide bonds. The van der Waals surface area contributed by atoms with Crippen molar-refractivity contribution in [1.29, 1.82) is 0 Å². The Kier molecular flexibility index (Phi) is 3.09. The third-order valence-corrected chi connectivity index (χ3v) is 3.43. The molecule has 0 unspecified atom stereocenters. The van der Waals surface area contributed by atoms with Gasteiger partial charge in [0.1, 0.15) is 0 Å². The summed E-state index contributed by atoms with van der Waals surface area (Å²) in [5.41, 5.74) is 9.83. The van der Waals surface area contributed by atoms with Crippen molar-refractivity contribution in [1.82, 2.24) is 5.32 Å². The van der Waals surface area contributed by atoms with Crippen LogP contribution in [-0.2, 0) is 0 Å². The van der Waals surface area contributed by atoms with Crippen molar-refractivity contribution in [2.45, 2.75) is 0 Å². The Bertz CT molecular complexity index is 647. The summed E-state index contributed by atoms with van der Waals surface area (Å²) in [4.78, 5) is 4.33. The first kappa shape index (κ1) is 12.0. The summed E-state index contributed by atoms with van der Waals surface area (Å²) < 4.78 is 1.05. The maximum Gasteiger partial charge on any atom is 0.198 e. The van der Waals surface area contributed by atoms with Crippen molar-refractivity contribution in [3.63, 3.8) is 0 Å². The molecule has 1 aromatic carbocycles. The van der Waals surface area contributed by atoms with Gasteiger partial charge in [-0.15, -0.1) is 0 Å². The Hall–Kier alpha value is -2.07. The van der Waals surface area contributed by atoms with E-state index >= 15 is 0 Å². The fourth-order valence-electron chi connectivity index (χ4n) is 1.98. The average Bonchev–Trinajstić information content (AvgIpc) is 2.93. The number of guanidine groups is 1. The van der Waals surface area contributed by atoms with Crippen LogP contribution in [0.1, 0.15) is 5.56 Å². The smallest absolute Gasteiger partial charge is 0.198 e. The number of hydrogen-bond donors (Lipinski definition) is 2. The summed E-state index contributed by atoms with van der Waals surface area (Å²) in [5.74, 6) is 0.414. The molecule has 3 nitrogen and oxygen atoms in total. The summed E-state index contributed by atoms with van der Waals surface area (Å²) in [6.45, 7) is 0. The molecule has 19 heavy (non-hydrogen) atoms. The largest absolute Gasteiger partial charge is 0.369 e. The van der Waals surface area contributed by atoms with Crippen LogP contribution in [0.3, 0.4) is 0 Å². The molecule has 94 valence electrons. The second-order valence-corrected chi connectivity index (χ2v) is 5.16. The molecule has 4 heteroatoms. The summed E-state index contributed by atoms with van der Waals surface area (Å²) in [6, 6.07) is 8.07. The number of allylic oxidation sites excluding steroid dienone is 6. The predicted molar refractivity (Wildman–Crippen MR) is 82.2 cm³/mol. The normalized spacial score (nSPS) is 17.3. The second-order valence-electron chi connectivity index (χ2n) is 4.25. The van der Waals surface area contributed by atoms with Gasteiger partial charge in [-0.25, -0.2) is 4.99 Å². The molecule has 0 fully saturated rings. The highest BCUT2D eigenvalue weighted by molar-refractivity contribution is 9.10. The lowest BCUT2D eigenvalue weighted by Gasteiger charge is -2.16. The number of nitrogens with zero attached hydrogens (tertiary/aromatic N) is 1. The van der Waals surface area contributed by atoms with Gasteiger partial charge in [-0.2, -0.15) is 0 Å². The van der Waals surface area contributed by atoms with Gasteiger partial charge >= 0.3 is 0 Å². The van der Waals surface area contributed by atoms with E-state index in [9.17, 15) is 0 Å². The van der Waals surface area contributed by atoms with Crippen molar-refractivity contribution in [2.24, 2.45) is 10.7 Å². The minimum absolute atomic E-state index is 0.414. The molecule has 0 aromatic heterocycles. The first-order valence-corrected chi connectivity index (χ1v) is 6.69. The molecular formula is C15H12BrN3. The highest BCUT2D eigenvalue weighted by Gasteiger charge is 2.12. The molecule has 1 aliphatic heterocycles. The molecule has 0 bridgehead atoms. The van der Waals surface area contributed by atoms with Crippen LogP contribution in [0.5, 0.6) is 0 Å². The van der Waals surface area contributed by atoms with Gasteiger partial charge < -0.3 is 11.1 Å². The van der Waals surface area contributed by atoms with E-state index in [4.69, 9.17) is 5.73 Å². The van der Waals surface area contributed by atoms with Crippen LogP contribution < -0.4 is 11.1 Å². The molecule has 2 aliphatic rings. The Balaban J connectivity index is 2.03. The van der Waals surface area contributed by atoms with Gasteiger partial charge in [0.05, 0.1) is 11.4 Å². The maximum atomic E-state index is 5.86. The minimum Gasteiger partial charge on any atom is -0.369 e. The molecule has 0 saturated heterocycles. The van der Waals surface area contributed by atoms with Gasteiger partial charge in [-0.1, -0.05) is 52.4 Å². The lowest BCUT2D eigenvalue weighted by molar-refractivity contribution is 1.16. The van der Waals surface area contributed by atoms with Gasteiger partial charge in [0.25, 0.3) is 0 Å². The van der Waals surface area contributed by atoms with Crippen molar-refractivity contribution >= 4 is 27.6 Å². The zero-order valence-corrected chi connectivity index (χ0v) is 11.7. The molecule has 1 heterocycles.